The number of carbonyl (C=O) groups is 2. The summed E-state index contributed by atoms with van der Waals surface area (Å²) in [5.41, 5.74) is 4.41. The molecular formula is C24H22ClN5O2. The van der Waals surface area contributed by atoms with Crippen LogP contribution in [0.5, 0.6) is 0 Å². The highest BCUT2D eigenvalue weighted by molar-refractivity contribution is 6.31. The van der Waals surface area contributed by atoms with Gasteiger partial charge in [0.1, 0.15) is 12.4 Å². The molecule has 7 nitrogen and oxygen atoms in total. The fourth-order valence-electron chi connectivity index (χ4n) is 4.11. The summed E-state index contributed by atoms with van der Waals surface area (Å²) in [6, 6.07) is 15.3. The van der Waals surface area contributed by atoms with E-state index in [0.717, 1.165) is 27.7 Å². The molecule has 0 atom stereocenters. The molecule has 8 heteroatoms. The standard InChI is InChI=1S/C24H22ClN5O2/c1-15-7-8-16(11-19(15)25)26-22(31)14-29-23-12-20(27-30(23)10-9-24(29)32)18-13-28(2)21-6-4-3-5-17(18)21/h3-8,11-13H,9-10,14H2,1-2H3,(H,26,31). The van der Waals surface area contributed by atoms with Crippen molar-refractivity contribution >= 4 is 45.8 Å². The van der Waals surface area contributed by atoms with Crippen LogP contribution in [-0.2, 0) is 23.2 Å². The van der Waals surface area contributed by atoms with Crippen LogP contribution in [0.25, 0.3) is 22.2 Å². The van der Waals surface area contributed by atoms with E-state index in [9.17, 15) is 9.59 Å². The summed E-state index contributed by atoms with van der Waals surface area (Å²) in [6.07, 6.45) is 2.34. The van der Waals surface area contributed by atoms with Gasteiger partial charge in [0.2, 0.25) is 11.8 Å². The zero-order valence-corrected chi connectivity index (χ0v) is 18.6. The van der Waals surface area contributed by atoms with Crippen molar-refractivity contribution in [2.24, 2.45) is 7.05 Å². The van der Waals surface area contributed by atoms with Crippen LogP contribution < -0.4 is 10.2 Å². The summed E-state index contributed by atoms with van der Waals surface area (Å²) in [5.74, 6) is 0.236. The third-order valence-corrected chi connectivity index (χ3v) is 6.21. The van der Waals surface area contributed by atoms with Gasteiger partial charge in [-0.1, -0.05) is 35.9 Å². The number of benzene rings is 2. The lowest BCUT2D eigenvalue weighted by Gasteiger charge is -2.26. The first-order valence-corrected chi connectivity index (χ1v) is 10.8. The van der Waals surface area contributed by atoms with Gasteiger partial charge in [-0.2, -0.15) is 5.10 Å². The predicted octanol–water partition coefficient (Wildman–Crippen LogP) is 4.38. The Kier molecular flexibility index (Phi) is 4.98. The Morgan fingerprint density at radius 1 is 1.19 bits per heavy atom. The zero-order valence-electron chi connectivity index (χ0n) is 17.8. The molecule has 2 amide bonds. The quantitative estimate of drug-likeness (QED) is 0.504. The van der Waals surface area contributed by atoms with Gasteiger partial charge in [0.25, 0.3) is 0 Å². The van der Waals surface area contributed by atoms with Crippen LogP contribution in [0.2, 0.25) is 5.02 Å². The third kappa shape index (κ3) is 3.54. The molecule has 32 heavy (non-hydrogen) atoms. The maximum Gasteiger partial charge on any atom is 0.244 e. The molecule has 162 valence electrons. The monoisotopic (exact) mass is 447 g/mol. The van der Waals surface area contributed by atoms with Crippen molar-refractivity contribution in [2.75, 3.05) is 16.8 Å². The first kappa shape index (κ1) is 20.3. The van der Waals surface area contributed by atoms with Gasteiger partial charge >= 0.3 is 0 Å². The molecule has 4 aromatic rings. The highest BCUT2D eigenvalue weighted by atomic mass is 35.5. The molecule has 2 aromatic carbocycles. The molecule has 0 aliphatic carbocycles. The number of fused-ring (bicyclic) bond motifs is 2. The Labute approximate surface area is 190 Å². The smallest absolute Gasteiger partial charge is 0.244 e. The molecule has 2 aromatic heterocycles. The maximum atomic E-state index is 12.7. The number of para-hydroxylation sites is 1. The molecule has 0 saturated heterocycles. The first-order chi connectivity index (χ1) is 15.4. The Morgan fingerprint density at radius 3 is 2.81 bits per heavy atom. The Hall–Kier alpha value is -3.58. The molecule has 0 radical (unpaired) electrons. The second-order valence-electron chi connectivity index (χ2n) is 8.02. The van der Waals surface area contributed by atoms with Gasteiger partial charge < -0.3 is 9.88 Å². The number of aromatic nitrogens is 3. The summed E-state index contributed by atoms with van der Waals surface area (Å²) in [4.78, 5) is 26.9. The number of aryl methyl sites for hydroxylation is 3. The van der Waals surface area contributed by atoms with Crippen molar-refractivity contribution < 1.29 is 9.59 Å². The van der Waals surface area contributed by atoms with E-state index in [1.54, 1.807) is 16.8 Å². The molecular weight excluding hydrogens is 426 g/mol. The summed E-state index contributed by atoms with van der Waals surface area (Å²) in [7, 11) is 2.00. The number of nitrogens with zero attached hydrogens (tertiary/aromatic N) is 4. The van der Waals surface area contributed by atoms with Crippen LogP contribution >= 0.6 is 11.6 Å². The molecule has 0 spiro atoms. The lowest BCUT2D eigenvalue weighted by atomic mass is 10.1. The van der Waals surface area contributed by atoms with E-state index in [4.69, 9.17) is 16.7 Å². The summed E-state index contributed by atoms with van der Waals surface area (Å²) < 4.78 is 3.86. The molecule has 1 aliphatic heterocycles. The number of nitrogens with one attached hydrogen (secondary N) is 1. The summed E-state index contributed by atoms with van der Waals surface area (Å²) in [6.45, 7) is 2.30. The van der Waals surface area contributed by atoms with Crippen LogP contribution in [0.4, 0.5) is 11.5 Å². The van der Waals surface area contributed by atoms with E-state index in [0.29, 0.717) is 29.5 Å². The molecule has 0 bridgehead atoms. The van der Waals surface area contributed by atoms with Crippen LogP contribution in [0.15, 0.2) is 54.7 Å². The fourth-order valence-corrected chi connectivity index (χ4v) is 4.29. The van der Waals surface area contributed by atoms with E-state index < -0.39 is 0 Å². The fraction of sp³-hybridized carbons (Fsp3) is 0.208. The van der Waals surface area contributed by atoms with E-state index in [2.05, 4.69) is 22.0 Å². The van der Waals surface area contributed by atoms with Gasteiger partial charge in [-0.3, -0.25) is 14.5 Å². The minimum atomic E-state index is -0.292. The maximum absolute atomic E-state index is 12.7. The molecule has 0 saturated carbocycles. The number of hydrogen-bond acceptors (Lipinski definition) is 3. The van der Waals surface area contributed by atoms with Gasteiger partial charge in [-0.25, -0.2) is 4.68 Å². The average molecular weight is 448 g/mol. The molecule has 3 heterocycles. The van der Waals surface area contributed by atoms with Crippen LogP contribution in [-0.4, -0.2) is 32.7 Å². The van der Waals surface area contributed by atoms with E-state index in [-0.39, 0.29) is 18.4 Å². The van der Waals surface area contributed by atoms with Gasteiger partial charge in [0, 0.05) is 52.9 Å². The normalized spacial score (nSPS) is 13.5. The van der Waals surface area contributed by atoms with Crippen molar-refractivity contribution in [2.45, 2.75) is 19.9 Å². The van der Waals surface area contributed by atoms with Crippen molar-refractivity contribution in [1.29, 1.82) is 0 Å². The van der Waals surface area contributed by atoms with Gasteiger partial charge in [-0.05, 0) is 30.7 Å². The number of carbonyl (C=O) groups excluding carboxylic acids is 2. The van der Waals surface area contributed by atoms with E-state index in [1.807, 2.05) is 44.4 Å². The predicted molar refractivity (Wildman–Crippen MR) is 126 cm³/mol. The SMILES string of the molecule is Cc1ccc(NC(=O)CN2C(=O)CCn3nc(-c4cn(C)c5ccccc45)cc32)cc1Cl. The summed E-state index contributed by atoms with van der Waals surface area (Å²) in [5, 5.41) is 9.24. The molecule has 0 fully saturated rings. The number of halogens is 1. The average Bonchev–Trinajstić information content (AvgIpc) is 3.34. The Balaban J connectivity index is 1.43. The molecule has 1 N–H and O–H groups in total. The van der Waals surface area contributed by atoms with Crippen molar-refractivity contribution in [1.82, 2.24) is 14.3 Å². The second-order valence-corrected chi connectivity index (χ2v) is 8.43. The Bertz CT molecular complexity index is 1370. The van der Waals surface area contributed by atoms with Crippen molar-refractivity contribution in [3.63, 3.8) is 0 Å². The topological polar surface area (TPSA) is 72.2 Å². The van der Waals surface area contributed by atoms with Crippen molar-refractivity contribution in [3.8, 4) is 11.3 Å². The second kappa shape index (κ2) is 7.84. The van der Waals surface area contributed by atoms with Crippen LogP contribution in [0, 0.1) is 6.92 Å². The zero-order chi connectivity index (χ0) is 22.4. The number of rotatable bonds is 4. The number of amides is 2. The number of anilines is 2. The van der Waals surface area contributed by atoms with Crippen molar-refractivity contribution in [3.05, 3.63) is 65.3 Å². The minimum Gasteiger partial charge on any atom is -0.350 e. The third-order valence-electron chi connectivity index (χ3n) is 5.80. The van der Waals surface area contributed by atoms with Gasteiger partial charge in [0.05, 0.1) is 12.2 Å². The first-order valence-electron chi connectivity index (χ1n) is 10.4. The van der Waals surface area contributed by atoms with Crippen LogP contribution in [0.3, 0.4) is 0 Å². The lowest BCUT2D eigenvalue weighted by Crippen LogP contribution is -2.42. The Morgan fingerprint density at radius 2 is 2.00 bits per heavy atom. The summed E-state index contributed by atoms with van der Waals surface area (Å²) >= 11 is 6.15. The highest BCUT2D eigenvalue weighted by Gasteiger charge is 2.28. The minimum absolute atomic E-state index is 0.0923. The van der Waals surface area contributed by atoms with E-state index in [1.165, 1.54) is 4.90 Å². The molecule has 5 rings (SSSR count). The number of hydrogen-bond donors (Lipinski definition) is 1. The molecule has 0 unspecified atom stereocenters. The van der Waals surface area contributed by atoms with Crippen LogP contribution in [0.1, 0.15) is 12.0 Å². The lowest BCUT2D eigenvalue weighted by molar-refractivity contribution is -0.122. The van der Waals surface area contributed by atoms with Gasteiger partial charge in [0.15, 0.2) is 0 Å². The van der Waals surface area contributed by atoms with Gasteiger partial charge in [-0.15, -0.1) is 0 Å². The largest absolute Gasteiger partial charge is 0.350 e. The van der Waals surface area contributed by atoms with E-state index >= 15 is 0 Å². The molecule has 1 aliphatic rings. The highest BCUT2D eigenvalue weighted by Crippen LogP contribution is 2.33.